The molecule has 0 aliphatic heterocycles. The average molecular weight is 254 g/mol. The number of aromatic amines is 2. The van der Waals surface area contributed by atoms with Gasteiger partial charge in [-0.15, -0.1) is 0 Å². The molecule has 0 saturated carbocycles. The van der Waals surface area contributed by atoms with Gasteiger partial charge in [0, 0.05) is 41.4 Å². The molecule has 1 aromatic carbocycles. The van der Waals surface area contributed by atoms with Crippen LogP contribution in [0.25, 0.3) is 10.9 Å². The zero-order valence-electron chi connectivity index (χ0n) is 11.3. The van der Waals surface area contributed by atoms with E-state index in [1.165, 1.54) is 22.0 Å². The topological polar surface area (TPSA) is 47.7 Å². The van der Waals surface area contributed by atoms with Crippen LogP contribution in [-0.2, 0) is 13.1 Å². The van der Waals surface area contributed by atoms with E-state index in [9.17, 15) is 0 Å². The summed E-state index contributed by atoms with van der Waals surface area (Å²) in [5, 5.41) is 8.35. The summed E-state index contributed by atoms with van der Waals surface area (Å²) in [7, 11) is 2.14. The number of aryl methyl sites for hydroxylation is 1. The second kappa shape index (κ2) is 4.90. The number of benzene rings is 1. The van der Waals surface area contributed by atoms with Gasteiger partial charge < -0.3 is 4.98 Å². The lowest BCUT2D eigenvalue weighted by atomic mass is 10.1. The van der Waals surface area contributed by atoms with Gasteiger partial charge in [-0.25, -0.2) is 0 Å². The van der Waals surface area contributed by atoms with Crippen LogP contribution in [0, 0.1) is 6.92 Å². The lowest BCUT2D eigenvalue weighted by Gasteiger charge is -2.17. The molecule has 0 aliphatic rings. The normalized spacial score (nSPS) is 11.5. The highest BCUT2D eigenvalue weighted by Crippen LogP contribution is 2.19. The van der Waals surface area contributed by atoms with Crippen molar-refractivity contribution in [1.29, 1.82) is 0 Å². The van der Waals surface area contributed by atoms with Gasteiger partial charge in [0.25, 0.3) is 0 Å². The Bertz CT molecular complexity index is 680. The fourth-order valence-corrected chi connectivity index (χ4v) is 2.46. The number of hydrogen-bond donors (Lipinski definition) is 2. The van der Waals surface area contributed by atoms with Crippen LogP contribution in [-0.4, -0.2) is 27.1 Å². The maximum atomic E-state index is 4.07. The predicted molar refractivity (Wildman–Crippen MR) is 76.8 cm³/mol. The van der Waals surface area contributed by atoms with E-state index in [4.69, 9.17) is 0 Å². The van der Waals surface area contributed by atoms with Crippen molar-refractivity contribution in [2.45, 2.75) is 20.0 Å². The predicted octanol–water partition coefficient (Wildman–Crippen LogP) is 2.83. The molecule has 0 amide bonds. The molecule has 2 heterocycles. The Morgan fingerprint density at radius 2 is 2.00 bits per heavy atom. The molecule has 0 spiro atoms. The number of rotatable bonds is 4. The van der Waals surface area contributed by atoms with E-state index >= 15 is 0 Å². The first kappa shape index (κ1) is 12.0. The van der Waals surface area contributed by atoms with Gasteiger partial charge in [0.1, 0.15) is 0 Å². The van der Waals surface area contributed by atoms with E-state index in [1.54, 1.807) is 0 Å². The summed E-state index contributed by atoms with van der Waals surface area (Å²) < 4.78 is 0. The van der Waals surface area contributed by atoms with Crippen LogP contribution in [0.2, 0.25) is 0 Å². The Morgan fingerprint density at radius 1 is 1.16 bits per heavy atom. The third-order valence-corrected chi connectivity index (χ3v) is 3.50. The summed E-state index contributed by atoms with van der Waals surface area (Å²) in [6.07, 6.45) is 3.90. The highest BCUT2D eigenvalue weighted by molar-refractivity contribution is 5.82. The number of H-pyrrole nitrogens is 2. The van der Waals surface area contributed by atoms with E-state index in [1.807, 2.05) is 12.4 Å². The standard InChI is InChI=1S/C15H18N4/c1-11-13(8-17-18-11)10-19(2)9-12-4-3-5-15-14(12)6-7-16-15/h3-8,16H,9-10H2,1-2H3,(H,17,18). The van der Waals surface area contributed by atoms with Gasteiger partial charge in [-0.2, -0.15) is 5.10 Å². The van der Waals surface area contributed by atoms with Crippen molar-refractivity contribution in [2.24, 2.45) is 0 Å². The number of fused-ring (bicyclic) bond motifs is 1. The first-order valence-corrected chi connectivity index (χ1v) is 6.46. The fraction of sp³-hybridized carbons (Fsp3) is 0.267. The van der Waals surface area contributed by atoms with Crippen LogP contribution in [0.4, 0.5) is 0 Å². The van der Waals surface area contributed by atoms with Gasteiger partial charge in [0.15, 0.2) is 0 Å². The molecule has 0 saturated heterocycles. The lowest BCUT2D eigenvalue weighted by Crippen LogP contribution is -2.17. The van der Waals surface area contributed by atoms with Gasteiger partial charge in [0.05, 0.1) is 6.20 Å². The molecule has 4 heteroatoms. The van der Waals surface area contributed by atoms with Crippen molar-refractivity contribution in [3.05, 3.63) is 53.5 Å². The van der Waals surface area contributed by atoms with Crippen molar-refractivity contribution in [1.82, 2.24) is 20.1 Å². The third-order valence-electron chi connectivity index (χ3n) is 3.50. The summed E-state index contributed by atoms with van der Waals surface area (Å²) in [4.78, 5) is 5.56. The fourth-order valence-electron chi connectivity index (χ4n) is 2.46. The van der Waals surface area contributed by atoms with Gasteiger partial charge in [-0.05, 0) is 31.7 Å². The van der Waals surface area contributed by atoms with Gasteiger partial charge in [-0.1, -0.05) is 12.1 Å². The summed E-state index contributed by atoms with van der Waals surface area (Å²) in [6.45, 7) is 3.89. The minimum Gasteiger partial charge on any atom is -0.361 e. The van der Waals surface area contributed by atoms with Gasteiger partial charge in [0.2, 0.25) is 0 Å². The highest BCUT2D eigenvalue weighted by atomic mass is 15.1. The Labute approximate surface area is 112 Å². The molecule has 0 radical (unpaired) electrons. The average Bonchev–Trinajstić information content (AvgIpc) is 3.00. The molecule has 0 bridgehead atoms. The molecule has 3 rings (SSSR count). The molecule has 2 aromatic heterocycles. The first-order chi connectivity index (χ1) is 9.24. The van der Waals surface area contributed by atoms with E-state index in [0.717, 1.165) is 18.8 Å². The Hall–Kier alpha value is -2.07. The Balaban J connectivity index is 1.77. The maximum Gasteiger partial charge on any atom is 0.0535 e. The summed E-state index contributed by atoms with van der Waals surface area (Å²) in [5.74, 6) is 0. The molecule has 0 atom stereocenters. The molecule has 19 heavy (non-hydrogen) atoms. The lowest BCUT2D eigenvalue weighted by molar-refractivity contribution is 0.319. The Kier molecular flexibility index (Phi) is 3.09. The van der Waals surface area contributed by atoms with Crippen LogP contribution < -0.4 is 0 Å². The van der Waals surface area contributed by atoms with Crippen LogP contribution in [0.1, 0.15) is 16.8 Å². The van der Waals surface area contributed by atoms with E-state index in [2.05, 4.69) is 58.3 Å². The molecule has 0 unspecified atom stereocenters. The third kappa shape index (κ3) is 2.39. The number of nitrogens with one attached hydrogen (secondary N) is 2. The van der Waals surface area contributed by atoms with Crippen LogP contribution in [0.3, 0.4) is 0 Å². The van der Waals surface area contributed by atoms with E-state index in [-0.39, 0.29) is 0 Å². The SMILES string of the molecule is Cc1[nH]ncc1CN(C)Cc1cccc2[nH]ccc12. The molecule has 3 aromatic rings. The van der Waals surface area contributed by atoms with Gasteiger partial charge in [-0.3, -0.25) is 10.00 Å². The molecular weight excluding hydrogens is 236 g/mol. The summed E-state index contributed by atoms with van der Waals surface area (Å²) in [6, 6.07) is 8.54. The summed E-state index contributed by atoms with van der Waals surface area (Å²) >= 11 is 0. The second-order valence-corrected chi connectivity index (χ2v) is 5.05. The molecule has 0 aliphatic carbocycles. The molecular formula is C15H18N4. The molecule has 4 nitrogen and oxygen atoms in total. The van der Waals surface area contributed by atoms with Crippen molar-refractivity contribution in [3.8, 4) is 0 Å². The van der Waals surface area contributed by atoms with Crippen LogP contribution in [0.5, 0.6) is 0 Å². The summed E-state index contributed by atoms with van der Waals surface area (Å²) in [5.41, 5.74) is 4.95. The zero-order chi connectivity index (χ0) is 13.2. The van der Waals surface area contributed by atoms with Crippen molar-refractivity contribution in [2.75, 3.05) is 7.05 Å². The van der Waals surface area contributed by atoms with Gasteiger partial charge >= 0.3 is 0 Å². The number of aromatic nitrogens is 3. The molecule has 2 N–H and O–H groups in total. The zero-order valence-corrected chi connectivity index (χ0v) is 11.3. The minimum absolute atomic E-state index is 0.906. The highest BCUT2D eigenvalue weighted by Gasteiger charge is 2.08. The van der Waals surface area contributed by atoms with Crippen LogP contribution >= 0.6 is 0 Å². The van der Waals surface area contributed by atoms with Crippen molar-refractivity contribution in [3.63, 3.8) is 0 Å². The minimum atomic E-state index is 0.906. The molecule has 98 valence electrons. The first-order valence-electron chi connectivity index (χ1n) is 6.46. The second-order valence-electron chi connectivity index (χ2n) is 5.05. The van der Waals surface area contributed by atoms with Crippen molar-refractivity contribution >= 4 is 10.9 Å². The number of nitrogens with zero attached hydrogens (tertiary/aromatic N) is 2. The Morgan fingerprint density at radius 3 is 2.79 bits per heavy atom. The maximum absolute atomic E-state index is 4.07. The number of hydrogen-bond acceptors (Lipinski definition) is 2. The quantitative estimate of drug-likeness (QED) is 0.752. The monoisotopic (exact) mass is 254 g/mol. The van der Waals surface area contributed by atoms with Crippen LogP contribution in [0.15, 0.2) is 36.7 Å². The van der Waals surface area contributed by atoms with E-state index < -0.39 is 0 Å². The molecule has 0 fully saturated rings. The smallest absolute Gasteiger partial charge is 0.0535 e. The largest absolute Gasteiger partial charge is 0.361 e. The van der Waals surface area contributed by atoms with E-state index in [0.29, 0.717) is 0 Å². The van der Waals surface area contributed by atoms with Crippen molar-refractivity contribution < 1.29 is 0 Å².